The molecule has 2 atom stereocenters. The lowest BCUT2D eigenvalue weighted by molar-refractivity contribution is -0.145. The number of carbonyl (C=O) groups excluding carboxylic acids is 6. The largest absolute Gasteiger partial charge is 0.460 e. The number of esters is 2. The Morgan fingerprint density at radius 3 is 1.58 bits per heavy atom. The standard InChI is InChI=1S/C14H16N4O8/c19-9-3-15-13(23)7(17-9)5-25-11(21)1-2-12(22)26-6-8-14(24)16-4-10(20)18-8/h1-2,7-8H,3-6H2,(H,15,23)(H,16,24)(H,17,19)(H,18,20)/b2-1+/t7-,8-/m0/s1. The first-order chi connectivity index (χ1) is 12.3. The highest BCUT2D eigenvalue weighted by atomic mass is 16.5. The van der Waals surface area contributed by atoms with E-state index in [1.54, 1.807) is 0 Å². The van der Waals surface area contributed by atoms with Crippen molar-refractivity contribution in [3.63, 3.8) is 0 Å². The quantitative estimate of drug-likeness (QED) is 0.270. The molecule has 0 radical (unpaired) electrons. The zero-order valence-corrected chi connectivity index (χ0v) is 13.4. The van der Waals surface area contributed by atoms with Gasteiger partial charge in [-0.2, -0.15) is 0 Å². The lowest BCUT2D eigenvalue weighted by Crippen LogP contribution is -2.58. The summed E-state index contributed by atoms with van der Waals surface area (Å²) in [6.45, 7) is -1.09. The molecule has 12 heteroatoms. The van der Waals surface area contributed by atoms with Crippen molar-refractivity contribution in [1.29, 1.82) is 0 Å². The monoisotopic (exact) mass is 368 g/mol. The lowest BCUT2D eigenvalue weighted by atomic mass is 10.2. The van der Waals surface area contributed by atoms with Gasteiger partial charge in [-0.15, -0.1) is 0 Å². The summed E-state index contributed by atoms with van der Waals surface area (Å²) in [6, 6.07) is -2.01. The van der Waals surface area contributed by atoms with Gasteiger partial charge in [-0.1, -0.05) is 0 Å². The van der Waals surface area contributed by atoms with E-state index in [-0.39, 0.29) is 13.1 Å². The molecule has 0 saturated carbocycles. The summed E-state index contributed by atoms with van der Waals surface area (Å²) in [5.74, 6) is -3.68. The van der Waals surface area contributed by atoms with E-state index in [1.807, 2.05) is 0 Å². The lowest BCUT2D eigenvalue weighted by Gasteiger charge is -2.22. The van der Waals surface area contributed by atoms with Crippen LogP contribution in [0.25, 0.3) is 0 Å². The van der Waals surface area contributed by atoms with Crippen LogP contribution in [0.2, 0.25) is 0 Å². The Bertz CT molecular complexity index is 618. The first-order valence-electron chi connectivity index (χ1n) is 7.51. The summed E-state index contributed by atoms with van der Waals surface area (Å²) < 4.78 is 9.49. The molecule has 2 heterocycles. The van der Waals surface area contributed by atoms with E-state index >= 15 is 0 Å². The van der Waals surface area contributed by atoms with Gasteiger partial charge in [0.15, 0.2) is 0 Å². The van der Waals surface area contributed by atoms with Crippen molar-refractivity contribution in [2.45, 2.75) is 12.1 Å². The van der Waals surface area contributed by atoms with Gasteiger partial charge in [0, 0.05) is 12.2 Å². The molecule has 2 fully saturated rings. The van der Waals surface area contributed by atoms with Crippen molar-refractivity contribution in [2.75, 3.05) is 26.3 Å². The summed E-state index contributed by atoms with van der Waals surface area (Å²) >= 11 is 0. The van der Waals surface area contributed by atoms with Crippen molar-refractivity contribution in [3.05, 3.63) is 12.2 Å². The third-order valence-electron chi connectivity index (χ3n) is 3.29. The van der Waals surface area contributed by atoms with Crippen LogP contribution >= 0.6 is 0 Å². The van der Waals surface area contributed by atoms with E-state index in [1.165, 1.54) is 0 Å². The molecule has 0 aliphatic carbocycles. The zero-order chi connectivity index (χ0) is 19.1. The zero-order valence-electron chi connectivity index (χ0n) is 13.4. The molecule has 12 nitrogen and oxygen atoms in total. The second-order valence-electron chi connectivity index (χ2n) is 5.27. The summed E-state index contributed by atoms with van der Waals surface area (Å²) in [7, 11) is 0. The van der Waals surface area contributed by atoms with Gasteiger partial charge < -0.3 is 30.7 Å². The van der Waals surface area contributed by atoms with Crippen LogP contribution in [0.4, 0.5) is 0 Å². The molecular formula is C14H16N4O8. The molecule has 2 rings (SSSR count). The molecule has 0 aromatic rings. The van der Waals surface area contributed by atoms with Crippen LogP contribution in [0.5, 0.6) is 0 Å². The number of nitrogens with one attached hydrogen (secondary N) is 4. The van der Waals surface area contributed by atoms with E-state index in [4.69, 9.17) is 9.47 Å². The normalized spacial score (nSPS) is 22.8. The number of ether oxygens (including phenoxy) is 2. The fourth-order valence-electron chi connectivity index (χ4n) is 2.00. The van der Waals surface area contributed by atoms with Gasteiger partial charge in [0.05, 0.1) is 13.1 Å². The first kappa shape index (κ1) is 18.9. The van der Waals surface area contributed by atoms with Crippen molar-refractivity contribution in [2.24, 2.45) is 0 Å². The van der Waals surface area contributed by atoms with E-state index in [0.29, 0.717) is 0 Å². The predicted molar refractivity (Wildman–Crippen MR) is 80.9 cm³/mol. The molecule has 0 aromatic heterocycles. The Morgan fingerprint density at radius 1 is 0.808 bits per heavy atom. The van der Waals surface area contributed by atoms with E-state index in [0.717, 1.165) is 12.2 Å². The fourth-order valence-corrected chi connectivity index (χ4v) is 2.00. The first-order valence-corrected chi connectivity index (χ1v) is 7.51. The number of piperazine rings is 2. The minimum Gasteiger partial charge on any atom is -0.460 e. The van der Waals surface area contributed by atoms with Crippen molar-refractivity contribution >= 4 is 35.6 Å². The summed E-state index contributed by atoms with van der Waals surface area (Å²) in [5, 5.41) is 9.30. The average Bonchev–Trinajstić information content (AvgIpc) is 2.61. The highest BCUT2D eigenvalue weighted by molar-refractivity contribution is 5.96. The van der Waals surface area contributed by atoms with Crippen LogP contribution < -0.4 is 21.3 Å². The van der Waals surface area contributed by atoms with Crippen LogP contribution in [0.15, 0.2) is 12.2 Å². The second kappa shape index (κ2) is 8.60. The van der Waals surface area contributed by atoms with E-state index in [2.05, 4.69) is 21.3 Å². The molecule has 2 saturated heterocycles. The Kier molecular flexibility index (Phi) is 6.25. The van der Waals surface area contributed by atoms with Gasteiger partial charge in [-0.3, -0.25) is 19.2 Å². The average molecular weight is 368 g/mol. The summed E-state index contributed by atoms with van der Waals surface area (Å²) in [5.41, 5.74) is 0. The number of rotatable bonds is 6. The predicted octanol–water partition coefficient (Wildman–Crippen LogP) is -4.14. The molecule has 2 aliphatic heterocycles. The maximum absolute atomic E-state index is 11.5. The molecule has 0 bridgehead atoms. The Labute approximate surface area is 146 Å². The number of hydrogen-bond acceptors (Lipinski definition) is 8. The maximum Gasteiger partial charge on any atom is 0.331 e. The molecule has 26 heavy (non-hydrogen) atoms. The second-order valence-corrected chi connectivity index (χ2v) is 5.27. The fraction of sp³-hybridized carbons (Fsp3) is 0.429. The molecule has 2 aliphatic rings. The van der Waals surface area contributed by atoms with Gasteiger partial charge in [-0.25, -0.2) is 9.59 Å². The third kappa shape index (κ3) is 5.58. The number of amides is 4. The van der Waals surface area contributed by atoms with Crippen LogP contribution in [0, 0.1) is 0 Å². The van der Waals surface area contributed by atoms with Crippen molar-refractivity contribution < 1.29 is 38.2 Å². The molecule has 4 N–H and O–H groups in total. The highest BCUT2D eigenvalue weighted by Gasteiger charge is 2.28. The number of hydrogen-bond donors (Lipinski definition) is 4. The van der Waals surface area contributed by atoms with Crippen LogP contribution in [0.1, 0.15) is 0 Å². The molecule has 0 aromatic carbocycles. The summed E-state index contributed by atoms with van der Waals surface area (Å²) in [6.07, 6.45) is 1.54. The van der Waals surface area contributed by atoms with Gasteiger partial charge in [0.25, 0.3) is 0 Å². The van der Waals surface area contributed by atoms with Crippen molar-refractivity contribution in [3.8, 4) is 0 Å². The highest BCUT2D eigenvalue weighted by Crippen LogP contribution is 1.96. The summed E-state index contributed by atoms with van der Waals surface area (Å²) in [4.78, 5) is 68.1. The molecule has 0 spiro atoms. The van der Waals surface area contributed by atoms with E-state index < -0.39 is 60.9 Å². The van der Waals surface area contributed by atoms with Crippen LogP contribution in [-0.4, -0.2) is 74.0 Å². The Morgan fingerprint density at radius 2 is 1.19 bits per heavy atom. The Hall–Kier alpha value is -3.44. The van der Waals surface area contributed by atoms with Crippen LogP contribution in [-0.2, 0) is 38.2 Å². The Balaban J connectivity index is 1.70. The third-order valence-corrected chi connectivity index (χ3v) is 3.29. The number of carbonyl (C=O) groups is 6. The SMILES string of the molecule is O=C1CNC(=O)[C@H](COC(=O)/C=C/C(=O)OC[C@@H]2NC(=O)CNC2=O)N1. The molecule has 140 valence electrons. The van der Waals surface area contributed by atoms with Crippen molar-refractivity contribution in [1.82, 2.24) is 21.3 Å². The maximum atomic E-state index is 11.5. The minimum absolute atomic E-state index is 0.144. The van der Waals surface area contributed by atoms with Gasteiger partial charge in [0.1, 0.15) is 25.3 Å². The van der Waals surface area contributed by atoms with E-state index in [9.17, 15) is 28.8 Å². The van der Waals surface area contributed by atoms with Gasteiger partial charge >= 0.3 is 11.9 Å². The van der Waals surface area contributed by atoms with Crippen LogP contribution in [0.3, 0.4) is 0 Å². The van der Waals surface area contributed by atoms with Gasteiger partial charge in [-0.05, 0) is 0 Å². The van der Waals surface area contributed by atoms with Gasteiger partial charge in [0.2, 0.25) is 23.6 Å². The smallest absolute Gasteiger partial charge is 0.331 e. The topological polar surface area (TPSA) is 169 Å². The molecule has 0 unspecified atom stereocenters. The minimum atomic E-state index is -1.01. The molecular weight excluding hydrogens is 352 g/mol. The molecule has 4 amide bonds.